The number of pyridine rings is 1. The molecule has 1 amide bonds. The topological polar surface area (TPSA) is 85.4 Å². The van der Waals surface area contributed by atoms with Crippen molar-refractivity contribution in [1.29, 1.82) is 0 Å². The minimum Gasteiger partial charge on any atom is -0.372 e. The molecule has 0 unspecified atom stereocenters. The molecule has 6 nitrogen and oxygen atoms in total. The fourth-order valence-corrected chi connectivity index (χ4v) is 2.34. The van der Waals surface area contributed by atoms with E-state index in [2.05, 4.69) is 4.98 Å². The number of nitrogens with zero attached hydrogens (tertiary/aromatic N) is 1. The van der Waals surface area contributed by atoms with Gasteiger partial charge in [0.15, 0.2) is 0 Å². The van der Waals surface area contributed by atoms with E-state index in [1.807, 2.05) is 4.72 Å². The molecule has 1 aromatic heterocycles. The van der Waals surface area contributed by atoms with Crippen LogP contribution in [-0.4, -0.2) is 32.5 Å². The molecule has 1 heterocycles. The summed E-state index contributed by atoms with van der Waals surface area (Å²) in [6.07, 6.45) is 1.34. The average molecular weight is 293 g/mol. The molecule has 0 aliphatic heterocycles. The zero-order valence-corrected chi connectivity index (χ0v) is 11.3. The van der Waals surface area contributed by atoms with Gasteiger partial charge in [-0.2, -0.15) is 0 Å². The number of ether oxygens (including phenoxy) is 1. The minimum atomic E-state index is -3.74. The van der Waals surface area contributed by atoms with Gasteiger partial charge in [-0.25, -0.2) is 13.4 Å². The highest BCUT2D eigenvalue weighted by Gasteiger charge is 2.15. The molecule has 0 bridgehead atoms. The van der Waals surface area contributed by atoms with Crippen LogP contribution in [0.25, 0.3) is 0 Å². The van der Waals surface area contributed by atoms with Crippen LogP contribution in [0.15, 0.2) is 18.3 Å². The molecule has 0 saturated heterocycles. The van der Waals surface area contributed by atoms with Crippen LogP contribution in [0.4, 0.5) is 0 Å². The van der Waals surface area contributed by atoms with E-state index >= 15 is 0 Å². The van der Waals surface area contributed by atoms with Gasteiger partial charge in [-0.15, -0.1) is 0 Å². The van der Waals surface area contributed by atoms with Crippen molar-refractivity contribution in [3.8, 4) is 0 Å². The summed E-state index contributed by atoms with van der Waals surface area (Å²) in [5.74, 6) is -1.03. The van der Waals surface area contributed by atoms with E-state index < -0.39 is 15.9 Å². The van der Waals surface area contributed by atoms with Crippen LogP contribution < -0.4 is 4.72 Å². The lowest BCUT2D eigenvalue weighted by atomic mass is 10.3. The maximum Gasteiger partial charge on any atom is 0.259 e. The summed E-state index contributed by atoms with van der Waals surface area (Å²) < 4.78 is 29.9. The molecule has 0 aromatic carbocycles. The van der Waals surface area contributed by atoms with E-state index in [0.717, 1.165) is 0 Å². The van der Waals surface area contributed by atoms with Gasteiger partial charge in [0.25, 0.3) is 5.91 Å². The number of rotatable bonds is 6. The Morgan fingerprint density at radius 2 is 2.22 bits per heavy atom. The van der Waals surface area contributed by atoms with Crippen molar-refractivity contribution in [3.63, 3.8) is 0 Å². The fourth-order valence-electron chi connectivity index (χ4n) is 1.14. The number of carbonyl (C=O) groups excluding carboxylic acids is 1. The summed E-state index contributed by atoms with van der Waals surface area (Å²) >= 11 is 5.58. The van der Waals surface area contributed by atoms with Gasteiger partial charge in [-0.05, 0) is 18.6 Å². The second-order valence-corrected chi connectivity index (χ2v) is 5.52. The zero-order chi connectivity index (χ0) is 13.6. The lowest BCUT2D eigenvalue weighted by molar-refractivity contribution is -0.123. The van der Waals surface area contributed by atoms with E-state index in [1.54, 1.807) is 6.92 Å². The van der Waals surface area contributed by atoms with Crippen molar-refractivity contribution in [2.75, 3.05) is 13.2 Å². The summed E-state index contributed by atoms with van der Waals surface area (Å²) in [5.41, 5.74) is 0.441. The van der Waals surface area contributed by atoms with Gasteiger partial charge >= 0.3 is 0 Å². The number of amides is 1. The van der Waals surface area contributed by atoms with Crippen LogP contribution in [0, 0.1) is 0 Å². The Kier molecular flexibility index (Phi) is 5.52. The van der Waals surface area contributed by atoms with Gasteiger partial charge in [-0.1, -0.05) is 17.7 Å². The normalized spacial score (nSPS) is 11.2. The summed E-state index contributed by atoms with van der Waals surface area (Å²) in [6, 6.07) is 3.01. The third-order valence-corrected chi connectivity index (χ3v) is 3.33. The molecule has 0 aliphatic carbocycles. The van der Waals surface area contributed by atoms with Crippen LogP contribution in [0.3, 0.4) is 0 Å². The van der Waals surface area contributed by atoms with Gasteiger partial charge in [-0.3, -0.25) is 9.52 Å². The molecule has 1 N–H and O–H groups in total. The highest BCUT2D eigenvalue weighted by molar-refractivity contribution is 7.89. The quantitative estimate of drug-likeness (QED) is 0.781. The Morgan fingerprint density at radius 3 is 2.78 bits per heavy atom. The highest BCUT2D eigenvalue weighted by Crippen LogP contribution is 2.08. The molecular formula is C10H13ClN2O4S. The molecule has 1 rings (SSSR count). The van der Waals surface area contributed by atoms with Crippen molar-refractivity contribution in [1.82, 2.24) is 9.71 Å². The molecule has 0 atom stereocenters. The van der Waals surface area contributed by atoms with Crippen molar-refractivity contribution in [2.24, 2.45) is 0 Å². The summed E-state index contributed by atoms with van der Waals surface area (Å²) in [6.45, 7) is 1.77. The van der Waals surface area contributed by atoms with Gasteiger partial charge in [0.1, 0.15) is 11.8 Å². The number of sulfonamides is 1. The second-order valence-electron chi connectivity index (χ2n) is 3.41. The van der Waals surface area contributed by atoms with E-state index in [-0.39, 0.29) is 17.5 Å². The predicted octanol–water partition coefficient (Wildman–Crippen LogP) is 0.718. The lowest BCUT2D eigenvalue weighted by Crippen LogP contribution is -2.34. The molecular weight excluding hydrogens is 280 g/mol. The number of hydrogen-bond donors (Lipinski definition) is 1. The van der Waals surface area contributed by atoms with Crippen molar-refractivity contribution < 1.29 is 17.9 Å². The SMILES string of the molecule is CCOCC(=O)NS(=O)(=O)Cc1ccc(Cl)nc1. The number of hydrogen-bond acceptors (Lipinski definition) is 5. The van der Waals surface area contributed by atoms with Crippen LogP contribution >= 0.6 is 11.6 Å². The number of aromatic nitrogens is 1. The first kappa shape index (κ1) is 14.9. The van der Waals surface area contributed by atoms with E-state index in [0.29, 0.717) is 12.2 Å². The molecule has 0 spiro atoms. The van der Waals surface area contributed by atoms with Gasteiger partial charge in [0, 0.05) is 12.8 Å². The summed E-state index contributed by atoms with van der Waals surface area (Å²) in [5, 5.41) is 0.275. The fraction of sp³-hybridized carbons (Fsp3) is 0.400. The average Bonchev–Trinajstić information content (AvgIpc) is 2.28. The molecule has 0 saturated carbocycles. The van der Waals surface area contributed by atoms with E-state index in [4.69, 9.17) is 16.3 Å². The zero-order valence-electron chi connectivity index (χ0n) is 9.72. The lowest BCUT2D eigenvalue weighted by Gasteiger charge is -2.06. The van der Waals surface area contributed by atoms with Crippen molar-refractivity contribution in [3.05, 3.63) is 29.0 Å². The third-order valence-electron chi connectivity index (χ3n) is 1.85. The molecule has 0 aliphatic rings. The first-order valence-corrected chi connectivity index (χ1v) is 7.17. The summed E-state index contributed by atoms with van der Waals surface area (Å²) in [7, 11) is -3.74. The minimum absolute atomic E-state index is 0.275. The van der Waals surface area contributed by atoms with Crippen LogP contribution in [0.2, 0.25) is 5.15 Å². The standard InChI is InChI=1S/C10H13ClN2O4S/c1-2-17-6-10(14)13-18(15,16)7-8-3-4-9(11)12-5-8/h3-5H,2,6-7H2,1H3,(H,13,14). The smallest absolute Gasteiger partial charge is 0.259 e. The molecule has 8 heteroatoms. The maximum absolute atomic E-state index is 11.6. The van der Waals surface area contributed by atoms with Crippen LogP contribution in [0.5, 0.6) is 0 Å². The third kappa shape index (κ3) is 5.44. The Hall–Kier alpha value is -1.18. The van der Waals surface area contributed by atoms with Gasteiger partial charge in [0.2, 0.25) is 10.0 Å². The van der Waals surface area contributed by atoms with Crippen LogP contribution in [0.1, 0.15) is 12.5 Å². The van der Waals surface area contributed by atoms with Crippen LogP contribution in [-0.2, 0) is 25.3 Å². The van der Waals surface area contributed by atoms with Crippen molar-refractivity contribution in [2.45, 2.75) is 12.7 Å². The molecule has 100 valence electrons. The first-order valence-electron chi connectivity index (χ1n) is 5.14. The largest absolute Gasteiger partial charge is 0.372 e. The summed E-state index contributed by atoms with van der Waals surface area (Å²) in [4.78, 5) is 15.0. The molecule has 1 aromatic rings. The Bertz CT molecular complexity index is 501. The molecule has 0 fully saturated rings. The predicted molar refractivity (Wildman–Crippen MR) is 66.5 cm³/mol. The second kappa shape index (κ2) is 6.67. The highest BCUT2D eigenvalue weighted by atomic mass is 35.5. The Morgan fingerprint density at radius 1 is 1.50 bits per heavy atom. The molecule has 18 heavy (non-hydrogen) atoms. The number of halogens is 1. The Balaban J connectivity index is 2.59. The van der Waals surface area contributed by atoms with E-state index in [1.165, 1.54) is 18.3 Å². The monoisotopic (exact) mass is 292 g/mol. The maximum atomic E-state index is 11.6. The number of nitrogens with one attached hydrogen (secondary N) is 1. The molecule has 0 radical (unpaired) electrons. The van der Waals surface area contributed by atoms with Crippen molar-refractivity contribution >= 4 is 27.5 Å². The Labute approximate surface area is 110 Å². The van der Waals surface area contributed by atoms with E-state index in [9.17, 15) is 13.2 Å². The van der Waals surface area contributed by atoms with Gasteiger partial charge < -0.3 is 4.74 Å². The number of carbonyl (C=O) groups is 1. The van der Waals surface area contributed by atoms with Gasteiger partial charge in [0.05, 0.1) is 5.75 Å². The first-order chi connectivity index (χ1) is 8.43.